The minimum absolute atomic E-state index is 0.236. The molecule has 5 nitrogen and oxygen atoms in total. The van der Waals surface area contributed by atoms with E-state index in [4.69, 9.17) is 10.5 Å². The number of hydrogen-bond acceptors (Lipinski definition) is 5. The van der Waals surface area contributed by atoms with Gasteiger partial charge in [-0.05, 0) is 47.0 Å². The molecule has 3 aromatic carbocycles. The molecule has 2 N–H and O–H groups in total. The largest absolute Gasteiger partial charge is 0.573 e. The summed E-state index contributed by atoms with van der Waals surface area (Å²) >= 11 is 1.40. The van der Waals surface area contributed by atoms with Gasteiger partial charge >= 0.3 is 6.36 Å². The van der Waals surface area contributed by atoms with Crippen LogP contribution in [0.15, 0.2) is 89.1 Å². The highest BCUT2D eigenvalue weighted by atomic mass is 32.2. The van der Waals surface area contributed by atoms with E-state index in [1.807, 2.05) is 54.6 Å². The molecule has 0 fully saturated rings. The predicted octanol–water partition coefficient (Wildman–Crippen LogP) is 5.75. The fourth-order valence-electron chi connectivity index (χ4n) is 2.58. The number of halogens is 3. The molecule has 0 saturated heterocycles. The quantitative estimate of drug-likeness (QED) is 0.265. The number of nitrogens with two attached hydrogens (primary N) is 1. The lowest BCUT2D eigenvalue weighted by Gasteiger charge is -2.10. The number of alkyl halides is 3. The molecule has 0 saturated carbocycles. The van der Waals surface area contributed by atoms with Gasteiger partial charge in [-0.1, -0.05) is 60.3 Å². The Morgan fingerprint density at radius 3 is 2.31 bits per heavy atom. The third-order valence-electron chi connectivity index (χ3n) is 4.01. The monoisotopic (exact) mass is 459 g/mol. The van der Waals surface area contributed by atoms with Gasteiger partial charge in [-0.15, -0.1) is 18.3 Å². The fraction of sp³-hybridized carbons (Fsp3) is 0.130. The van der Waals surface area contributed by atoms with Crippen LogP contribution in [0.5, 0.6) is 11.5 Å². The van der Waals surface area contributed by atoms with Crippen molar-refractivity contribution in [1.29, 1.82) is 0 Å². The Bertz CT molecular complexity index is 1060. The fourth-order valence-corrected chi connectivity index (χ4v) is 3.19. The van der Waals surface area contributed by atoms with Crippen LogP contribution in [0.4, 0.5) is 13.2 Å². The number of rotatable bonds is 8. The van der Waals surface area contributed by atoms with Crippen molar-refractivity contribution in [2.45, 2.75) is 18.7 Å². The van der Waals surface area contributed by atoms with Gasteiger partial charge in [0, 0.05) is 5.75 Å². The minimum Gasteiger partial charge on any atom is -0.489 e. The Kier molecular flexibility index (Phi) is 8.15. The maximum absolute atomic E-state index is 12.2. The van der Waals surface area contributed by atoms with E-state index < -0.39 is 6.36 Å². The van der Waals surface area contributed by atoms with Crippen molar-refractivity contribution in [3.63, 3.8) is 0 Å². The zero-order valence-electron chi connectivity index (χ0n) is 16.8. The van der Waals surface area contributed by atoms with E-state index in [9.17, 15) is 13.2 Å². The number of benzene rings is 3. The van der Waals surface area contributed by atoms with Gasteiger partial charge < -0.3 is 15.2 Å². The van der Waals surface area contributed by atoms with Gasteiger partial charge in [0.2, 0.25) is 0 Å². The molecule has 0 radical (unpaired) electrons. The van der Waals surface area contributed by atoms with Crippen molar-refractivity contribution in [3.05, 3.63) is 95.6 Å². The van der Waals surface area contributed by atoms with Gasteiger partial charge in [0.25, 0.3) is 0 Å². The topological polar surface area (TPSA) is 69.2 Å². The van der Waals surface area contributed by atoms with Gasteiger partial charge in [-0.3, -0.25) is 0 Å². The van der Waals surface area contributed by atoms with Gasteiger partial charge in [-0.25, -0.2) is 0 Å². The van der Waals surface area contributed by atoms with Crippen molar-refractivity contribution in [2.75, 3.05) is 0 Å². The Labute approximate surface area is 187 Å². The van der Waals surface area contributed by atoms with E-state index in [0.717, 1.165) is 16.7 Å². The van der Waals surface area contributed by atoms with Crippen molar-refractivity contribution in [3.8, 4) is 11.5 Å². The Morgan fingerprint density at radius 2 is 1.59 bits per heavy atom. The van der Waals surface area contributed by atoms with E-state index in [1.54, 1.807) is 6.21 Å². The van der Waals surface area contributed by atoms with Crippen LogP contribution in [0.3, 0.4) is 0 Å². The second kappa shape index (κ2) is 11.2. The first-order valence-corrected chi connectivity index (χ1v) is 10.5. The Morgan fingerprint density at radius 1 is 0.906 bits per heavy atom. The first-order valence-electron chi connectivity index (χ1n) is 9.48. The molecule has 32 heavy (non-hydrogen) atoms. The molecule has 3 rings (SSSR count). The Balaban J connectivity index is 1.50. The average Bonchev–Trinajstić information content (AvgIpc) is 2.77. The number of thioether (sulfide) groups is 1. The summed E-state index contributed by atoms with van der Waals surface area (Å²) in [6.07, 6.45) is -3.14. The van der Waals surface area contributed by atoms with Gasteiger partial charge in [0.05, 0.1) is 6.21 Å². The summed E-state index contributed by atoms with van der Waals surface area (Å²) in [7, 11) is 0. The van der Waals surface area contributed by atoms with Crippen LogP contribution in [0.25, 0.3) is 0 Å². The lowest BCUT2D eigenvalue weighted by atomic mass is 10.1. The molecule has 0 aliphatic heterocycles. The van der Waals surface area contributed by atoms with Crippen LogP contribution >= 0.6 is 11.8 Å². The molecule has 0 aromatic heterocycles. The first kappa shape index (κ1) is 23.2. The van der Waals surface area contributed by atoms with E-state index in [0.29, 0.717) is 16.7 Å². The van der Waals surface area contributed by atoms with E-state index in [1.165, 1.54) is 36.0 Å². The van der Waals surface area contributed by atoms with Crippen LogP contribution in [-0.2, 0) is 12.4 Å². The molecular formula is C23H20F3N3O2S. The van der Waals surface area contributed by atoms with Crippen LogP contribution in [-0.4, -0.2) is 17.7 Å². The Hall–Kier alpha value is -3.46. The third-order valence-corrected chi connectivity index (χ3v) is 4.86. The highest BCUT2D eigenvalue weighted by Crippen LogP contribution is 2.25. The SMILES string of the molecule is NC(=NN=Cc1cccc(COc2ccc(OC(F)(F)F)cc2)c1)SCc1ccccc1. The molecule has 0 aliphatic carbocycles. The zero-order chi connectivity index (χ0) is 22.8. The second-order valence-electron chi connectivity index (χ2n) is 6.51. The summed E-state index contributed by atoms with van der Waals surface area (Å²) in [5, 5.41) is 8.38. The van der Waals surface area contributed by atoms with Crippen molar-refractivity contribution in [1.82, 2.24) is 0 Å². The average molecular weight is 459 g/mol. The van der Waals surface area contributed by atoms with Crippen LogP contribution < -0.4 is 15.2 Å². The maximum atomic E-state index is 12.2. The summed E-state index contributed by atoms with van der Waals surface area (Å²) in [4.78, 5) is 0. The summed E-state index contributed by atoms with van der Waals surface area (Å²) < 4.78 is 46.1. The van der Waals surface area contributed by atoms with Gasteiger partial charge in [0.1, 0.15) is 18.1 Å². The van der Waals surface area contributed by atoms with Crippen LogP contribution in [0.1, 0.15) is 16.7 Å². The smallest absolute Gasteiger partial charge is 0.489 e. The highest BCUT2D eigenvalue weighted by Gasteiger charge is 2.30. The highest BCUT2D eigenvalue weighted by molar-refractivity contribution is 8.13. The molecule has 9 heteroatoms. The molecule has 0 bridgehead atoms. The zero-order valence-corrected chi connectivity index (χ0v) is 17.6. The lowest BCUT2D eigenvalue weighted by molar-refractivity contribution is -0.274. The molecule has 3 aromatic rings. The van der Waals surface area contributed by atoms with Gasteiger partial charge in [0.15, 0.2) is 5.17 Å². The lowest BCUT2D eigenvalue weighted by Crippen LogP contribution is -2.16. The minimum atomic E-state index is -4.72. The van der Waals surface area contributed by atoms with Crippen LogP contribution in [0, 0.1) is 0 Å². The number of ether oxygens (including phenoxy) is 2. The molecule has 0 atom stereocenters. The molecule has 0 spiro atoms. The molecule has 0 amide bonds. The molecule has 0 aliphatic rings. The summed E-state index contributed by atoms with van der Waals surface area (Å²) in [6.45, 7) is 0.236. The van der Waals surface area contributed by atoms with E-state index >= 15 is 0 Å². The number of nitrogens with zero attached hydrogens (tertiary/aromatic N) is 2. The summed E-state index contributed by atoms with van der Waals surface area (Å²) in [6, 6.07) is 22.6. The number of amidine groups is 1. The third kappa shape index (κ3) is 8.35. The van der Waals surface area contributed by atoms with Crippen molar-refractivity contribution < 1.29 is 22.6 Å². The molecule has 0 unspecified atom stereocenters. The molecular weight excluding hydrogens is 439 g/mol. The first-order chi connectivity index (χ1) is 15.4. The predicted molar refractivity (Wildman–Crippen MR) is 121 cm³/mol. The second-order valence-corrected chi connectivity index (χ2v) is 7.51. The molecule has 166 valence electrons. The molecule has 0 heterocycles. The van der Waals surface area contributed by atoms with E-state index in [-0.39, 0.29) is 12.4 Å². The summed E-state index contributed by atoms with van der Waals surface area (Å²) in [5.74, 6) is 0.832. The normalized spacial score (nSPS) is 12.2. The van der Waals surface area contributed by atoms with Crippen molar-refractivity contribution >= 4 is 23.1 Å². The maximum Gasteiger partial charge on any atom is 0.573 e. The number of hydrogen-bond donors (Lipinski definition) is 1. The van der Waals surface area contributed by atoms with E-state index in [2.05, 4.69) is 14.9 Å². The summed E-state index contributed by atoms with van der Waals surface area (Å²) in [5.41, 5.74) is 8.70. The van der Waals surface area contributed by atoms with Gasteiger partial charge in [-0.2, -0.15) is 5.10 Å². The van der Waals surface area contributed by atoms with Crippen LogP contribution in [0.2, 0.25) is 0 Å². The van der Waals surface area contributed by atoms with Crippen molar-refractivity contribution in [2.24, 2.45) is 15.9 Å². The standard InChI is InChI=1S/C23H20F3N3O2S/c24-23(25,26)31-21-11-9-20(10-12-21)30-15-19-8-4-7-18(13-19)14-28-29-22(27)32-16-17-5-2-1-3-6-17/h1-14H,15-16H2,(H2,27,29).